The van der Waals surface area contributed by atoms with E-state index in [1.165, 1.54) is 58.4 Å². The van der Waals surface area contributed by atoms with E-state index in [1.807, 2.05) is 38.1 Å². The molecule has 0 aliphatic carbocycles. The van der Waals surface area contributed by atoms with Crippen molar-refractivity contribution in [2.24, 2.45) is 4.99 Å². The summed E-state index contributed by atoms with van der Waals surface area (Å²) in [5.74, 6) is -0.516. The number of anilines is 1. The number of aliphatic imine (C=N–C) groups is 1. The molecule has 4 aromatic rings. The van der Waals surface area contributed by atoms with Crippen LogP contribution in [0.5, 0.6) is 5.75 Å². The van der Waals surface area contributed by atoms with E-state index in [1.54, 1.807) is 0 Å². The maximum Gasteiger partial charge on any atom is 0.573 e. The largest absolute Gasteiger partial charge is 0.573 e. The van der Waals surface area contributed by atoms with Crippen molar-refractivity contribution >= 4 is 34.6 Å². The van der Waals surface area contributed by atoms with Gasteiger partial charge in [0, 0.05) is 12.1 Å². The predicted octanol–water partition coefficient (Wildman–Crippen LogP) is 6.48. The van der Waals surface area contributed by atoms with Crippen molar-refractivity contribution in [3.8, 4) is 22.8 Å². The molecular formula is C30H26F4N6O3S. The van der Waals surface area contributed by atoms with E-state index in [2.05, 4.69) is 25.1 Å². The molecule has 1 N–H and O–H groups in total. The number of nitrogens with zero attached hydrogens (tertiary/aromatic N) is 5. The van der Waals surface area contributed by atoms with E-state index in [4.69, 9.17) is 0 Å². The summed E-state index contributed by atoms with van der Waals surface area (Å²) in [5.41, 5.74) is 3.24. The second kappa shape index (κ2) is 12.9. The van der Waals surface area contributed by atoms with Crippen molar-refractivity contribution < 1.29 is 31.9 Å². The molecule has 14 heteroatoms. The first-order chi connectivity index (χ1) is 21.0. The zero-order valence-corrected chi connectivity index (χ0v) is 24.3. The zero-order valence-electron chi connectivity index (χ0n) is 23.5. The fourth-order valence-electron chi connectivity index (χ4n) is 4.50. The summed E-state index contributed by atoms with van der Waals surface area (Å²) in [7, 11) is 0. The third kappa shape index (κ3) is 7.43. The Morgan fingerprint density at radius 2 is 1.89 bits per heavy atom. The van der Waals surface area contributed by atoms with Crippen molar-refractivity contribution in [2.75, 3.05) is 17.2 Å². The number of alkyl halides is 3. The highest BCUT2D eigenvalue weighted by Gasteiger charge is 2.33. The van der Waals surface area contributed by atoms with Gasteiger partial charge in [0.15, 0.2) is 11.0 Å². The van der Waals surface area contributed by atoms with Gasteiger partial charge in [-0.15, -0.1) is 18.3 Å². The third-order valence-electron chi connectivity index (χ3n) is 6.52. The van der Waals surface area contributed by atoms with Gasteiger partial charge in [-0.1, -0.05) is 43.8 Å². The zero-order chi connectivity index (χ0) is 31.4. The molecule has 3 amide bonds. The van der Waals surface area contributed by atoms with Gasteiger partial charge in [0.25, 0.3) is 0 Å². The molecule has 0 spiro atoms. The first-order valence-corrected chi connectivity index (χ1v) is 14.4. The van der Waals surface area contributed by atoms with Crippen LogP contribution in [-0.4, -0.2) is 50.5 Å². The molecule has 1 aliphatic heterocycles. The van der Waals surface area contributed by atoms with Gasteiger partial charge < -0.3 is 10.1 Å². The number of ether oxygens (including phenoxy) is 1. The number of carbonyl (C=O) groups excluding carboxylic acids is 2. The van der Waals surface area contributed by atoms with Crippen molar-refractivity contribution in [1.82, 2.24) is 20.1 Å². The average Bonchev–Trinajstić information content (AvgIpc) is 3.60. The van der Waals surface area contributed by atoms with Gasteiger partial charge in [0.2, 0.25) is 5.91 Å². The van der Waals surface area contributed by atoms with Gasteiger partial charge in [-0.25, -0.2) is 18.9 Å². The van der Waals surface area contributed by atoms with Gasteiger partial charge in [-0.05, 0) is 72.0 Å². The van der Waals surface area contributed by atoms with E-state index in [0.717, 1.165) is 17.3 Å². The van der Waals surface area contributed by atoms with Crippen LogP contribution in [0.2, 0.25) is 0 Å². The fourth-order valence-corrected chi connectivity index (χ4v) is 5.36. The second-order valence-corrected chi connectivity index (χ2v) is 10.9. The van der Waals surface area contributed by atoms with Gasteiger partial charge in [0.05, 0.1) is 17.1 Å². The quantitative estimate of drug-likeness (QED) is 0.225. The lowest BCUT2D eigenvalue weighted by Crippen LogP contribution is -2.32. The van der Waals surface area contributed by atoms with Crippen molar-refractivity contribution in [3.63, 3.8) is 0 Å². The maximum atomic E-state index is 13.9. The van der Waals surface area contributed by atoms with Crippen LogP contribution >= 0.6 is 11.8 Å². The van der Waals surface area contributed by atoms with Crippen LogP contribution in [0.4, 0.5) is 28.0 Å². The number of nitrogens with one attached hydrogen (secondary N) is 1. The van der Waals surface area contributed by atoms with E-state index < -0.39 is 18.2 Å². The van der Waals surface area contributed by atoms with Gasteiger partial charge in [-0.2, -0.15) is 4.99 Å². The number of benzene rings is 3. The highest BCUT2D eigenvalue weighted by Crippen LogP contribution is 2.34. The summed E-state index contributed by atoms with van der Waals surface area (Å²) in [6.07, 6.45) is -2.85. The summed E-state index contributed by atoms with van der Waals surface area (Å²) in [4.78, 5) is 35.1. The summed E-state index contributed by atoms with van der Waals surface area (Å²) < 4.78 is 56.5. The number of urea groups is 1. The number of hydrogen-bond acceptors (Lipinski definition) is 6. The Morgan fingerprint density at radius 3 is 2.61 bits per heavy atom. The first-order valence-electron chi connectivity index (χ1n) is 13.5. The number of halogens is 4. The molecule has 2 heterocycles. The number of amidine groups is 1. The highest BCUT2D eigenvalue weighted by molar-refractivity contribution is 8.15. The Bertz CT molecular complexity index is 1710. The molecule has 1 aliphatic rings. The Labute approximate surface area is 254 Å². The van der Waals surface area contributed by atoms with Crippen LogP contribution in [0, 0.1) is 5.82 Å². The highest BCUT2D eigenvalue weighted by atomic mass is 32.2. The summed E-state index contributed by atoms with van der Waals surface area (Å²) in [6, 6.07) is 16.2. The van der Waals surface area contributed by atoms with Gasteiger partial charge in [-0.3, -0.25) is 9.69 Å². The molecule has 1 fully saturated rings. The Morgan fingerprint density at radius 1 is 1.11 bits per heavy atom. The lowest BCUT2D eigenvalue weighted by molar-refractivity contribution is -0.274. The molecule has 9 nitrogen and oxygen atoms in total. The lowest BCUT2D eigenvalue weighted by Gasteiger charge is -2.21. The minimum Gasteiger partial charge on any atom is -0.406 e. The van der Waals surface area contributed by atoms with E-state index in [0.29, 0.717) is 34.7 Å². The molecule has 0 radical (unpaired) electrons. The number of rotatable bonds is 8. The number of amides is 3. The minimum absolute atomic E-state index is 0.0535. The monoisotopic (exact) mass is 626 g/mol. The average molecular weight is 627 g/mol. The van der Waals surface area contributed by atoms with Crippen molar-refractivity contribution in [1.29, 1.82) is 0 Å². The van der Waals surface area contributed by atoms with Crippen LogP contribution < -0.4 is 15.0 Å². The Hall–Kier alpha value is -4.72. The van der Waals surface area contributed by atoms with Gasteiger partial charge >= 0.3 is 12.4 Å². The molecular weight excluding hydrogens is 600 g/mol. The SMILES string of the molecule is CC(C)c1cc(F)ccc1N1C(=O)CS/C1=N\C(=O)NCCc1cccc(-c2ncn(-c3ccc(OC(F)(F)F)cc3)n2)c1. The molecule has 0 atom stereocenters. The molecule has 3 aromatic carbocycles. The van der Waals surface area contributed by atoms with Crippen LogP contribution in [0.25, 0.3) is 17.1 Å². The van der Waals surface area contributed by atoms with E-state index in [-0.39, 0.29) is 35.0 Å². The van der Waals surface area contributed by atoms with E-state index in [9.17, 15) is 27.2 Å². The molecule has 44 heavy (non-hydrogen) atoms. The molecule has 0 saturated carbocycles. The maximum absolute atomic E-state index is 13.9. The minimum atomic E-state index is -4.77. The summed E-state index contributed by atoms with van der Waals surface area (Å²) >= 11 is 1.14. The molecule has 1 saturated heterocycles. The predicted molar refractivity (Wildman–Crippen MR) is 158 cm³/mol. The normalized spacial score (nSPS) is 14.5. The van der Waals surface area contributed by atoms with Crippen LogP contribution in [0.1, 0.15) is 30.9 Å². The lowest BCUT2D eigenvalue weighted by atomic mass is 10.0. The molecule has 5 rings (SSSR count). The van der Waals surface area contributed by atoms with Crippen LogP contribution in [-0.2, 0) is 11.2 Å². The Balaban J connectivity index is 1.21. The summed E-state index contributed by atoms with van der Waals surface area (Å²) in [5, 5.41) is 7.39. The summed E-state index contributed by atoms with van der Waals surface area (Å²) in [6.45, 7) is 4.05. The smallest absolute Gasteiger partial charge is 0.406 e. The van der Waals surface area contributed by atoms with Gasteiger partial charge in [0.1, 0.15) is 17.9 Å². The topological polar surface area (TPSA) is 102 Å². The van der Waals surface area contributed by atoms with Crippen molar-refractivity contribution in [3.05, 3.63) is 90.0 Å². The second-order valence-electron chi connectivity index (χ2n) is 10.0. The Kier molecular flexibility index (Phi) is 8.99. The molecule has 0 bridgehead atoms. The van der Waals surface area contributed by atoms with Crippen LogP contribution in [0.15, 0.2) is 78.0 Å². The molecule has 228 valence electrons. The standard InChI is InChI=1S/C30H26F4N6O3S/c1-18(2)24-15-21(31)6-11-25(24)40-26(41)16-44-29(40)37-28(42)35-13-12-19-4-3-5-20(14-19)27-36-17-39(38-27)22-7-9-23(10-8-22)43-30(32,33)34/h3-11,14-15,17-18H,12-13,16H2,1-2H3,(H,35,42)/b37-29-. The number of thioether (sulfide) groups is 1. The number of hydrogen-bond donors (Lipinski definition) is 1. The molecule has 0 unspecified atom stereocenters. The first kappa shape index (κ1) is 30.7. The number of carbonyl (C=O) groups is 2. The van der Waals surface area contributed by atoms with Crippen molar-refractivity contribution in [2.45, 2.75) is 32.5 Å². The van der Waals surface area contributed by atoms with Crippen LogP contribution in [0.3, 0.4) is 0 Å². The third-order valence-corrected chi connectivity index (χ3v) is 7.44. The number of aromatic nitrogens is 3. The van der Waals surface area contributed by atoms with E-state index >= 15 is 0 Å². The molecule has 1 aromatic heterocycles. The fraction of sp³-hybridized carbons (Fsp3) is 0.233.